The molecule has 0 aromatic heterocycles. The third-order valence-corrected chi connectivity index (χ3v) is 13.3. The van der Waals surface area contributed by atoms with Crippen molar-refractivity contribution in [3.63, 3.8) is 0 Å². The third-order valence-electron chi connectivity index (χ3n) is 13.3. The number of carbonyl (C=O) groups excluding carboxylic acids is 3. The van der Waals surface area contributed by atoms with Crippen molar-refractivity contribution in [3.05, 3.63) is 71.3 Å². The van der Waals surface area contributed by atoms with Crippen LogP contribution in [0.3, 0.4) is 0 Å². The van der Waals surface area contributed by atoms with Crippen molar-refractivity contribution in [3.8, 4) is 11.1 Å². The molecule has 3 fully saturated rings. The van der Waals surface area contributed by atoms with Crippen LogP contribution in [-0.4, -0.2) is 36.1 Å². The number of nitrogens with zero attached hydrogens (tertiary/aromatic N) is 1. The molecule has 7 heteroatoms. The standard InChI is InChI=1S/C41H51N3O4/c1-24(2)37(42-39(47)48-23-33-30-12-8-6-10-28(30)29-11-7-9-13-31(29)33)38(46)44-43-27-18-20-40(4)26(22-27)14-15-32-35-17-16-34(25(3)45)41(35,5)21-19-36(32)40/h6-13,22,24,32-37H,14-21,23H2,1-5H3,(H,42,47)(H,44,46)/b43-27+/t32?,34-,35?,36?,37+,40+,41-/m1/s1. The van der Waals surface area contributed by atoms with Gasteiger partial charge in [-0.2, -0.15) is 5.10 Å². The Morgan fingerprint density at radius 2 is 1.58 bits per heavy atom. The Morgan fingerprint density at radius 1 is 0.896 bits per heavy atom. The van der Waals surface area contributed by atoms with Crippen LogP contribution in [0.15, 0.2) is 65.3 Å². The third kappa shape index (κ3) is 5.51. The fourth-order valence-electron chi connectivity index (χ4n) is 10.8. The fraction of sp³-hybridized carbons (Fsp3) is 0.561. The van der Waals surface area contributed by atoms with Crippen molar-refractivity contribution in [2.75, 3.05) is 6.61 Å². The largest absolute Gasteiger partial charge is 0.449 e. The highest BCUT2D eigenvalue weighted by atomic mass is 16.5. The lowest BCUT2D eigenvalue weighted by Gasteiger charge is -2.58. The number of rotatable bonds is 7. The average Bonchev–Trinajstić information content (AvgIpc) is 3.60. The molecular weight excluding hydrogens is 598 g/mol. The monoisotopic (exact) mass is 649 g/mol. The second kappa shape index (κ2) is 12.6. The maximum absolute atomic E-state index is 13.4. The van der Waals surface area contributed by atoms with Crippen LogP contribution in [0, 0.1) is 40.4 Å². The SMILES string of the molecule is CC(=O)[C@H]1CCC2C3CCC4=C/C(=N/NC(=O)[C@@H](NC(=O)OCC5c6ccccc6-c6ccccc65)C(C)C)CC[C@]4(C)C3CC[C@@]21C. The molecule has 3 saturated carbocycles. The van der Waals surface area contributed by atoms with Crippen LogP contribution in [0.5, 0.6) is 0 Å². The second-order valence-corrected chi connectivity index (χ2v) is 16.1. The van der Waals surface area contributed by atoms with E-state index < -0.39 is 12.1 Å². The highest BCUT2D eigenvalue weighted by Gasteiger charge is 2.59. The number of Topliss-reactive ketones (excluding diaryl/α,β-unsaturated/α-hetero) is 1. The number of hydrogen-bond acceptors (Lipinski definition) is 5. The summed E-state index contributed by atoms with van der Waals surface area (Å²) < 4.78 is 5.74. The first-order chi connectivity index (χ1) is 23.0. The van der Waals surface area contributed by atoms with Crippen LogP contribution < -0.4 is 10.7 Å². The number of nitrogens with one attached hydrogen (secondary N) is 2. The van der Waals surface area contributed by atoms with Gasteiger partial charge in [-0.3, -0.25) is 9.59 Å². The van der Waals surface area contributed by atoms with Crippen LogP contribution in [0.2, 0.25) is 0 Å². The van der Waals surface area contributed by atoms with E-state index in [1.54, 1.807) is 6.92 Å². The highest BCUT2D eigenvalue weighted by Crippen LogP contribution is 2.66. The van der Waals surface area contributed by atoms with E-state index in [9.17, 15) is 14.4 Å². The quantitative estimate of drug-likeness (QED) is 0.296. The van der Waals surface area contributed by atoms with Crippen LogP contribution in [-0.2, 0) is 14.3 Å². The number of allylic oxidation sites excluding steroid dienone is 2. The first-order valence-corrected chi connectivity index (χ1v) is 18.2. The van der Waals surface area contributed by atoms with Crippen molar-refractivity contribution in [1.29, 1.82) is 0 Å². The van der Waals surface area contributed by atoms with Crippen LogP contribution in [0.4, 0.5) is 4.79 Å². The minimum Gasteiger partial charge on any atom is -0.449 e. The van der Waals surface area contributed by atoms with Gasteiger partial charge in [-0.05, 0) is 121 Å². The number of fused-ring (bicyclic) bond motifs is 8. The zero-order valence-electron chi connectivity index (χ0n) is 29.2. The van der Waals surface area contributed by atoms with Gasteiger partial charge in [0.1, 0.15) is 18.4 Å². The summed E-state index contributed by atoms with van der Waals surface area (Å²) in [6.45, 7) is 10.7. The van der Waals surface area contributed by atoms with Gasteiger partial charge in [-0.15, -0.1) is 0 Å². The molecule has 5 aliphatic carbocycles. The lowest BCUT2D eigenvalue weighted by Crippen LogP contribution is -2.51. The molecule has 0 spiro atoms. The number of amides is 2. The molecule has 0 saturated heterocycles. The Bertz CT molecular complexity index is 1630. The number of carbonyl (C=O) groups is 3. The normalized spacial score (nSPS) is 31.9. The lowest BCUT2D eigenvalue weighted by molar-refractivity contribution is -0.127. The van der Waals surface area contributed by atoms with Crippen molar-refractivity contribution in [2.45, 2.75) is 97.9 Å². The van der Waals surface area contributed by atoms with Gasteiger partial charge < -0.3 is 10.1 Å². The fourth-order valence-corrected chi connectivity index (χ4v) is 10.8. The van der Waals surface area contributed by atoms with Crippen molar-refractivity contribution in [1.82, 2.24) is 10.7 Å². The summed E-state index contributed by atoms with van der Waals surface area (Å²) in [5.74, 6) is 2.06. The van der Waals surface area contributed by atoms with Crippen molar-refractivity contribution in [2.24, 2.45) is 45.5 Å². The van der Waals surface area contributed by atoms with Crippen LogP contribution in [0.1, 0.15) is 103 Å². The predicted octanol–water partition coefficient (Wildman–Crippen LogP) is 8.19. The Balaban J connectivity index is 0.976. The van der Waals surface area contributed by atoms with Gasteiger partial charge in [0.15, 0.2) is 0 Å². The summed E-state index contributed by atoms with van der Waals surface area (Å²) in [5, 5.41) is 7.39. The van der Waals surface area contributed by atoms with Crippen molar-refractivity contribution < 1.29 is 19.1 Å². The molecule has 0 radical (unpaired) electrons. The van der Waals surface area contributed by atoms with E-state index in [-0.39, 0.29) is 41.1 Å². The van der Waals surface area contributed by atoms with Gasteiger partial charge in [0.2, 0.25) is 0 Å². The summed E-state index contributed by atoms with van der Waals surface area (Å²) >= 11 is 0. The summed E-state index contributed by atoms with van der Waals surface area (Å²) in [7, 11) is 0. The van der Waals surface area contributed by atoms with E-state index in [1.807, 2.05) is 38.1 Å². The molecule has 0 bridgehead atoms. The number of alkyl carbamates (subject to hydrolysis) is 1. The van der Waals surface area contributed by atoms with Gasteiger partial charge in [0, 0.05) is 11.8 Å². The van der Waals surface area contributed by atoms with Crippen LogP contribution >= 0.6 is 0 Å². The first-order valence-electron chi connectivity index (χ1n) is 18.2. The molecule has 7 rings (SSSR count). The Kier molecular flexibility index (Phi) is 8.62. The van der Waals surface area contributed by atoms with E-state index in [2.05, 4.69) is 60.0 Å². The zero-order valence-corrected chi connectivity index (χ0v) is 29.2. The van der Waals surface area contributed by atoms with Gasteiger partial charge in [0.25, 0.3) is 5.91 Å². The molecule has 0 heterocycles. The molecule has 5 aliphatic rings. The highest BCUT2D eigenvalue weighted by molar-refractivity contribution is 5.98. The zero-order chi connectivity index (χ0) is 33.8. The second-order valence-electron chi connectivity index (χ2n) is 16.1. The maximum atomic E-state index is 13.4. The molecule has 7 atom stereocenters. The number of hydrazone groups is 1. The molecule has 2 amide bonds. The molecular formula is C41H51N3O4. The topological polar surface area (TPSA) is 96.9 Å². The number of ether oxygens (including phenoxy) is 1. The van der Waals surface area contributed by atoms with Gasteiger partial charge in [0.05, 0.1) is 5.71 Å². The van der Waals surface area contributed by atoms with E-state index in [1.165, 1.54) is 36.0 Å². The summed E-state index contributed by atoms with van der Waals surface area (Å²) in [5.41, 5.74) is 10.1. The predicted molar refractivity (Wildman–Crippen MR) is 188 cm³/mol. The first kappa shape index (κ1) is 32.8. The number of ketones is 1. The maximum Gasteiger partial charge on any atom is 0.407 e. The van der Waals surface area contributed by atoms with Crippen LogP contribution in [0.25, 0.3) is 11.1 Å². The molecule has 2 N–H and O–H groups in total. The van der Waals surface area contributed by atoms with Gasteiger partial charge in [-0.25, -0.2) is 10.2 Å². The Hall–Kier alpha value is -3.74. The molecule has 2 aromatic rings. The molecule has 254 valence electrons. The minimum absolute atomic E-state index is 0.0466. The molecule has 48 heavy (non-hydrogen) atoms. The lowest BCUT2D eigenvalue weighted by atomic mass is 9.46. The molecule has 7 nitrogen and oxygen atoms in total. The summed E-state index contributed by atoms with van der Waals surface area (Å²) in [6.07, 6.45) is 10.3. The molecule has 2 aromatic carbocycles. The van der Waals surface area contributed by atoms with E-state index in [0.717, 1.165) is 48.9 Å². The number of hydrogen-bond donors (Lipinski definition) is 2. The smallest absolute Gasteiger partial charge is 0.407 e. The van der Waals surface area contributed by atoms with Gasteiger partial charge in [-0.1, -0.05) is 81.8 Å². The van der Waals surface area contributed by atoms with Gasteiger partial charge >= 0.3 is 6.09 Å². The van der Waals surface area contributed by atoms with E-state index >= 15 is 0 Å². The van der Waals surface area contributed by atoms with E-state index in [0.29, 0.717) is 23.5 Å². The summed E-state index contributed by atoms with van der Waals surface area (Å²) in [4.78, 5) is 38.9. The Morgan fingerprint density at radius 3 is 2.25 bits per heavy atom. The molecule has 3 unspecified atom stereocenters. The van der Waals surface area contributed by atoms with E-state index in [4.69, 9.17) is 4.74 Å². The summed E-state index contributed by atoms with van der Waals surface area (Å²) in [6, 6.07) is 15.7. The van der Waals surface area contributed by atoms with Crippen molar-refractivity contribution >= 4 is 23.5 Å². The minimum atomic E-state index is -0.774. The number of benzene rings is 2. The average molecular weight is 650 g/mol. The molecule has 0 aliphatic heterocycles. The Labute approximate surface area is 285 Å².